The molecule has 1 saturated heterocycles. The molecule has 0 aliphatic carbocycles. The highest BCUT2D eigenvalue weighted by atomic mass is 35.5. The molecule has 0 spiro atoms. The molecule has 6 heteroatoms. The average molecular weight is 310 g/mol. The van der Waals surface area contributed by atoms with Gasteiger partial charge >= 0.3 is 0 Å². The molecule has 1 aromatic heterocycles. The van der Waals surface area contributed by atoms with Crippen molar-refractivity contribution in [3.05, 3.63) is 45.9 Å². The molecular formula is C14H16ClN3OS. The van der Waals surface area contributed by atoms with Gasteiger partial charge in [-0.3, -0.25) is 4.90 Å². The molecule has 1 aromatic carbocycles. The van der Waals surface area contributed by atoms with Crippen molar-refractivity contribution >= 4 is 23.1 Å². The molecule has 0 amide bonds. The van der Waals surface area contributed by atoms with Gasteiger partial charge in [0.15, 0.2) is 0 Å². The fraction of sp³-hybridized carbons (Fsp3) is 0.429. The van der Waals surface area contributed by atoms with E-state index in [4.69, 9.17) is 16.3 Å². The summed E-state index contributed by atoms with van der Waals surface area (Å²) in [6.45, 7) is 4.56. The molecule has 106 valence electrons. The van der Waals surface area contributed by atoms with Crippen molar-refractivity contribution in [1.82, 2.24) is 14.5 Å². The molecule has 20 heavy (non-hydrogen) atoms. The highest BCUT2D eigenvalue weighted by Gasteiger charge is 2.27. The Bertz CT molecular complexity index is 563. The smallest absolute Gasteiger partial charge is 0.0953 e. The van der Waals surface area contributed by atoms with E-state index in [-0.39, 0.29) is 6.10 Å². The molecular weight excluding hydrogens is 294 g/mol. The zero-order valence-corrected chi connectivity index (χ0v) is 12.8. The molecule has 0 radical (unpaired) electrons. The highest BCUT2D eigenvalue weighted by molar-refractivity contribution is 7.03. The van der Waals surface area contributed by atoms with Crippen LogP contribution in [0.1, 0.15) is 24.3 Å². The largest absolute Gasteiger partial charge is 0.371 e. The normalized spacial score (nSPS) is 23.9. The summed E-state index contributed by atoms with van der Waals surface area (Å²) in [7, 11) is 0. The minimum atomic E-state index is 0.0662. The van der Waals surface area contributed by atoms with Crippen molar-refractivity contribution in [3.8, 4) is 0 Å². The maximum atomic E-state index is 6.06. The van der Waals surface area contributed by atoms with Crippen LogP contribution in [0.2, 0.25) is 5.02 Å². The number of morpholine rings is 1. The van der Waals surface area contributed by atoms with E-state index in [9.17, 15) is 0 Å². The van der Waals surface area contributed by atoms with Gasteiger partial charge in [-0.15, -0.1) is 5.10 Å². The monoisotopic (exact) mass is 309 g/mol. The van der Waals surface area contributed by atoms with Crippen LogP contribution in [-0.4, -0.2) is 33.7 Å². The molecule has 0 bridgehead atoms. The third-order valence-electron chi connectivity index (χ3n) is 3.55. The Morgan fingerprint density at radius 3 is 3.15 bits per heavy atom. The summed E-state index contributed by atoms with van der Waals surface area (Å²) in [6, 6.07) is 8.27. The summed E-state index contributed by atoms with van der Waals surface area (Å²) in [5.41, 5.74) is 2.15. The van der Waals surface area contributed by atoms with Crippen LogP contribution >= 0.6 is 23.1 Å². The van der Waals surface area contributed by atoms with E-state index in [0.717, 1.165) is 36.0 Å². The van der Waals surface area contributed by atoms with Crippen LogP contribution in [0, 0.1) is 0 Å². The molecule has 3 rings (SSSR count). The first-order chi connectivity index (χ1) is 9.72. The lowest BCUT2D eigenvalue weighted by atomic mass is 10.1. The summed E-state index contributed by atoms with van der Waals surface area (Å²) in [6.07, 6.45) is 0.0662. The number of halogens is 1. The van der Waals surface area contributed by atoms with Crippen molar-refractivity contribution in [2.45, 2.75) is 25.6 Å². The maximum Gasteiger partial charge on any atom is 0.0953 e. The Labute approximate surface area is 127 Å². The molecule has 0 unspecified atom stereocenters. The Morgan fingerprint density at radius 1 is 1.50 bits per heavy atom. The third kappa shape index (κ3) is 3.17. The van der Waals surface area contributed by atoms with Gasteiger partial charge in [0.2, 0.25) is 0 Å². The summed E-state index contributed by atoms with van der Waals surface area (Å²) < 4.78 is 9.86. The van der Waals surface area contributed by atoms with Gasteiger partial charge in [0.05, 0.1) is 18.4 Å². The van der Waals surface area contributed by atoms with Gasteiger partial charge in [0.1, 0.15) is 0 Å². The minimum absolute atomic E-state index is 0.0662. The second-order valence-electron chi connectivity index (χ2n) is 5.05. The standard InChI is InChI=1S/C14H16ClN3OS/c1-10-8-19-14(11-3-2-4-12(15)5-11)7-18(10)6-13-9-20-17-16-13/h2-5,9-10,14H,6-8H2,1H3/t10-,14+/m0/s1. The fourth-order valence-electron chi connectivity index (χ4n) is 2.40. The number of nitrogens with zero attached hydrogens (tertiary/aromatic N) is 3. The Morgan fingerprint density at radius 2 is 2.40 bits per heavy atom. The van der Waals surface area contributed by atoms with Crippen LogP contribution in [0.5, 0.6) is 0 Å². The molecule has 2 heterocycles. The quantitative estimate of drug-likeness (QED) is 0.873. The zero-order chi connectivity index (χ0) is 13.9. The van der Waals surface area contributed by atoms with Gasteiger partial charge in [-0.05, 0) is 36.2 Å². The fourth-order valence-corrected chi connectivity index (χ4v) is 3.04. The molecule has 2 aromatic rings. The number of hydrogen-bond acceptors (Lipinski definition) is 5. The number of aromatic nitrogens is 2. The summed E-state index contributed by atoms with van der Waals surface area (Å²) in [5, 5.41) is 6.87. The summed E-state index contributed by atoms with van der Waals surface area (Å²) in [5.74, 6) is 0. The zero-order valence-electron chi connectivity index (χ0n) is 11.2. The molecule has 1 aliphatic heterocycles. The van der Waals surface area contributed by atoms with Gasteiger partial charge in [-0.2, -0.15) is 0 Å². The molecule has 2 atom stereocenters. The maximum absolute atomic E-state index is 6.06. The van der Waals surface area contributed by atoms with Crippen LogP contribution < -0.4 is 0 Å². The molecule has 1 aliphatic rings. The molecule has 0 N–H and O–H groups in total. The molecule has 1 fully saturated rings. The van der Waals surface area contributed by atoms with Crippen molar-refractivity contribution < 1.29 is 4.74 Å². The van der Waals surface area contributed by atoms with E-state index in [2.05, 4.69) is 27.5 Å². The van der Waals surface area contributed by atoms with Gasteiger partial charge in [0.25, 0.3) is 0 Å². The lowest BCUT2D eigenvalue weighted by molar-refractivity contribution is -0.0636. The van der Waals surface area contributed by atoms with E-state index in [0.29, 0.717) is 6.04 Å². The lowest BCUT2D eigenvalue weighted by Crippen LogP contribution is -2.44. The number of benzene rings is 1. The molecule has 0 saturated carbocycles. The number of ether oxygens (including phenoxy) is 1. The Hall–Kier alpha value is -1.01. The first-order valence-electron chi connectivity index (χ1n) is 6.59. The van der Waals surface area contributed by atoms with Crippen molar-refractivity contribution in [3.63, 3.8) is 0 Å². The average Bonchev–Trinajstić information content (AvgIpc) is 2.94. The first-order valence-corrected chi connectivity index (χ1v) is 7.81. The Kier molecular flexibility index (Phi) is 4.31. The van der Waals surface area contributed by atoms with Crippen molar-refractivity contribution in [1.29, 1.82) is 0 Å². The van der Waals surface area contributed by atoms with Crippen LogP contribution in [0.3, 0.4) is 0 Å². The first kappa shape index (κ1) is 13.9. The van der Waals surface area contributed by atoms with E-state index < -0.39 is 0 Å². The Balaban J connectivity index is 1.72. The predicted octanol–water partition coefficient (Wildman–Crippen LogP) is 3.15. The topological polar surface area (TPSA) is 38.2 Å². The van der Waals surface area contributed by atoms with Gasteiger partial charge in [-0.25, -0.2) is 0 Å². The van der Waals surface area contributed by atoms with Crippen LogP contribution in [-0.2, 0) is 11.3 Å². The predicted molar refractivity (Wildman–Crippen MR) is 79.9 cm³/mol. The van der Waals surface area contributed by atoms with Crippen LogP contribution in [0.15, 0.2) is 29.6 Å². The lowest BCUT2D eigenvalue weighted by Gasteiger charge is -2.37. The van der Waals surface area contributed by atoms with Crippen LogP contribution in [0.4, 0.5) is 0 Å². The third-order valence-corrected chi connectivity index (χ3v) is 4.34. The second kappa shape index (κ2) is 6.18. The molecule has 4 nitrogen and oxygen atoms in total. The summed E-state index contributed by atoms with van der Waals surface area (Å²) >= 11 is 7.45. The van der Waals surface area contributed by atoms with E-state index in [1.165, 1.54) is 11.5 Å². The van der Waals surface area contributed by atoms with E-state index >= 15 is 0 Å². The van der Waals surface area contributed by atoms with E-state index in [1.54, 1.807) is 0 Å². The number of hydrogen-bond donors (Lipinski definition) is 0. The van der Waals surface area contributed by atoms with Gasteiger partial charge < -0.3 is 4.74 Å². The van der Waals surface area contributed by atoms with Gasteiger partial charge in [-0.1, -0.05) is 28.2 Å². The summed E-state index contributed by atoms with van der Waals surface area (Å²) in [4.78, 5) is 2.38. The van der Waals surface area contributed by atoms with Crippen molar-refractivity contribution in [2.24, 2.45) is 0 Å². The van der Waals surface area contributed by atoms with Gasteiger partial charge in [0, 0.05) is 29.5 Å². The SMILES string of the molecule is C[C@H]1CO[C@@H](c2cccc(Cl)c2)CN1Cc1csnn1. The van der Waals surface area contributed by atoms with Crippen molar-refractivity contribution in [2.75, 3.05) is 13.2 Å². The number of rotatable bonds is 3. The van der Waals surface area contributed by atoms with E-state index in [1.807, 2.05) is 23.6 Å². The second-order valence-corrected chi connectivity index (χ2v) is 6.10. The van der Waals surface area contributed by atoms with Crippen LogP contribution in [0.25, 0.3) is 0 Å². The minimum Gasteiger partial charge on any atom is -0.371 e. The highest BCUT2D eigenvalue weighted by Crippen LogP contribution is 2.27.